The van der Waals surface area contributed by atoms with E-state index in [4.69, 9.17) is 0 Å². The van der Waals surface area contributed by atoms with E-state index in [1.165, 1.54) is 0 Å². The Labute approximate surface area is 129 Å². The number of nitro benzene ring substituents is 2. The number of tetrazole rings is 2. The summed E-state index contributed by atoms with van der Waals surface area (Å²) in [5, 5.41) is 52.5. The summed E-state index contributed by atoms with van der Waals surface area (Å²) in [7, 11) is 0. The number of nitrogens with zero attached hydrogens (tertiary/aromatic N) is 8. The molecule has 0 bridgehead atoms. The lowest BCUT2D eigenvalue weighted by Crippen LogP contribution is -2.04. The fraction of sp³-hybridized carbons (Fsp3) is 0. The van der Waals surface area contributed by atoms with E-state index in [1.807, 2.05) is 0 Å². The van der Waals surface area contributed by atoms with E-state index < -0.39 is 21.2 Å². The van der Waals surface area contributed by atoms with Gasteiger partial charge in [0.05, 0.1) is 15.9 Å². The van der Waals surface area contributed by atoms with E-state index in [-0.39, 0.29) is 23.3 Å². The Kier molecular flexibility index (Phi) is 3.59. The molecule has 122 valence electrons. The smallest absolute Gasteiger partial charge is 0.299 e. The van der Waals surface area contributed by atoms with Crippen molar-refractivity contribution in [2.45, 2.75) is 0 Å². The zero-order chi connectivity index (χ0) is 17.1. The topological polar surface area (TPSA) is 219 Å². The molecule has 0 aliphatic rings. The second-order valence-corrected chi connectivity index (χ2v) is 4.15. The van der Waals surface area contributed by atoms with Crippen molar-refractivity contribution in [3.05, 3.63) is 32.4 Å². The highest BCUT2D eigenvalue weighted by atomic mass is 16.6. The standard InChI is InChI=1S/C8H6N12O4/c21-19(22)5-2-6(20(23)24)4(10-8-13-17-18-14-8)1-3(5)9-7-11-15-16-12-7/h1-2H,(H2,9,11,12,15,16)(H2,10,13,14,17,18). The number of rotatable bonds is 6. The van der Waals surface area contributed by atoms with Crippen LogP contribution in [0.5, 0.6) is 0 Å². The van der Waals surface area contributed by atoms with Gasteiger partial charge >= 0.3 is 0 Å². The summed E-state index contributed by atoms with van der Waals surface area (Å²) in [6, 6.07) is 1.93. The second kappa shape index (κ2) is 5.87. The van der Waals surface area contributed by atoms with Crippen LogP contribution in [0.15, 0.2) is 12.1 Å². The van der Waals surface area contributed by atoms with Gasteiger partial charge < -0.3 is 10.6 Å². The molecule has 0 atom stereocenters. The zero-order valence-corrected chi connectivity index (χ0v) is 11.4. The molecule has 3 rings (SSSR count). The van der Waals surface area contributed by atoms with Crippen molar-refractivity contribution < 1.29 is 9.85 Å². The quantitative estimate of drug-likeness (QED) is 0.346. The molecule has 3 aromatic rings. The predicted octanol–water partition coefficient (Wildman–Crippen LogP) is 0.0164. The van der Waals surface area contributed by atoms with Crippen LogP contribution >= 0.6 is 0 Å². The Balaban J connectivity index is 2.08. The SMILES string of the molecule is O=[N+]([O-])c1cc([N+](=O)[O-])c(Nc2nnn[nH]2)cc1Nc1nnn[nH]1. The van der Waals surface area contributed by atoms with Crippen LogP contribution in [0.2, 0.25) is 0 Å². The fourth-order valence-corrected chi connectivity index (χ4v) is 1.76. The molecule has 0 aliphatic heterocycles. The lowest BCUT2D eigenvalue weighted by atomic mass is 10.2. The number of anilines is 4. The Morgan fingerprint density at radius 1 is 0.833 bits per heavy atom. The lowest BCUT2D eigenvalue weighted by Gasteiger charge is -2.08. The number of hydrogen-bond donors (Lipinski definition) is 4. The van der Waals surface area contributed by atoms with Gasteiger partial charge in [-0.25, -0.2) is 10.2 Å². The van der Waals surface area contributed by atoms with Crippen molar-refractivity contribution >= 4 is 34.6 Å². The van der Waals surface area contributed by atoms with Gasteiger partial charge in [-0.15, -0.1) is 0 Å². The largest absolute Gasteiger partial charge is 0.317 e. The van der Waals surface area contributed by atoms with Crippen molar-refractivity contribution in [2.24, 2.45) is 0 Å². The third kappa shape index (κ3) is 2.86. The molecule has 0 saturated carbocycles. The average Bonchev–Trinajstić information content (AvgIpc) is 3.20. The first kappa shape index (κ1) is 14.7. The highest BCUT2D eigenvalue weighted by molar-refractivity contribution is 5.80. The van der Waals surface area contributed by atoms with E-state index in [0.29, 0.717) is 0 Å². The number of aromatic amines is 2. The maximum Gasteiger partial charge on any atom is 0.299 e. The molecular weight excluding hydrogens is 328 g/mol. The molecule has 0 fully saturated rings. The first-order chi connectivity index (χ1) is 11.5. The summed E-state index contributed by atoms with van der Waals surface area (Å²) in [6.45, 7) is 0. The molecule has 16 nitrogen and oxygen atoms in total. The monoisotopic (exact) mass is 334 g/mol. The van der Waals surface area contributed by atoms with E-state index in [9.17, 15) is 20.2 Å². The molecule has 0 aliphatic carbocycles. The molecule has 16 heteroatoms. The minimum Gasteiger partial charge on any atom is -0.317 e. The molecule has 0 unspecified atom stereocenters. The van der Waals surface area contributed by atoms with Gasteiger partial charge in [0, 0.05) is 0 Å². The van der Waals surface area contributed by atoms with Crippen LogP contribution in [0.4, 0.5) is 34.6 Å². The van der Waals surface area contributed by atoms with Gasteiger partial charge in [-0.1, -0.05) is 10.2 Å². The lowest BCUT2D eigenvalue weighted by molar-refractivity contribution is -0.393. The number of H-pyrrole nitrogens is 2. The summed E-state index contributed by atoms with van der Waals surface area (Å²) in [5.74, 6) is 0.0264. The number of hydrogen-bond acceptors (Lipinski definition) is 12. The summed E-state index contributed by atoms with van der Waals surface area (Å²) in [6.07, 6.45) is 0. The molecule has 0 spiro atoms. The van der Waals surface area contributed by atoms with Gasteiger partial charge in [-0.3, -0.25) is 20.2 Å². The van der Waals surface area contributed by atoms with Gasteiger partial charge in [0.2, 0.25) is 11.9 Å². The third-order valence-electron chi connectivity index (χ3n) is 2.70. The number of benzene rings is 1. The summed E-state index contributed by atoms with van der Waals surface area (Å²) >= 11 is 0. The number of aromatic nitrogens is 8. The van der Waals surface area contributed by atoms with Crippen LogP contribution in [-0.4, -0.2) is 51.1 Å². The van der Waals surface area contributed by atoms with Gasteiger partial charge in [0.25, 0.3) is 11.4 Å². The summed E-state index contributed by atoms with van der Waals surface area (Å²) in [5.41, 5.74) is -1.25. The van der Waals surface area contributed by atoms with Crippen LogP contribution in [0.25, 0.3) is 0 Å². The van der Waals surface area contributed by atoms with Crippen LogP contribution in [0.3, 0.4) is 0 Å². The fourth-order valence-electron chi connectivity index (χ4n) is 1.76. The van der Waals surface area contributed by atoms with Crippen LogP contribution in [0.1, 0.15) is 0 Å². The van der Waals surface area contributed by atoms with E-state index in [2.05, 4.69) is 51.9 Å². The van der Waals surface area contributed by atoms with Crippen molar-refractivity contribution in [3.8, 4) is 0 Å². The maximum absolute atomic E-state index is 11.2. The second-order valence-electron chi connectivity index (χ2n) is 4.15. The van der Waals surface area contributed by atoms with Crippen LogP contribution in [-0.2, 0) is 0 Å². The predicted molar refractivity (Wildman–Crippen MR) is 74.7 cm³/mol. The van der Waals surface area contributed by atoms with Gasteiger partial charge in [-0.05, 0) is 26.9 Å². The van der Waals surface area contributed by atoms with Crippen molar-refractivity contribution in [1.29, 1.82) is 0 Å². The Morgan fingerprint density at radius 2 is 1.29 bits per heavy atom. The van der Waals surface area contributed by atoms with Gasteiger partial charge in [0.1, 0.15) is 11.4 Å². The van der Waals surface area contributed by atoms with Crippen molar-refractivity contribution in [1.82, 2.24) is 41.2 Å². The maximum atomic E-state index is 11.2. The molecule has 24 heavy (non-hydrogen) atoms. The van der Waals surface area contributed by atoms with Gasteiger partial charge in [-0.2, -0.15) is 0 Å². The van der Waals surface area contributed by atoms with Gasteiger partial charge in [0.15, 0.2) is 0 Å². The Bertz CT molecular complexity index is 805. The molecule has 0 amide bonds. The van der Waals surface area contributed by atoms with Crippen LogP contribution in [0, 0.1) is 20.2 Å². The molecule has 0 saturated heterocycles. The third-order valence-corrected chi connectivity index (χ3v) is 2.70. The molecule has 0 radical (unpaired) electrons. The first-order valence-corrected chi connectivity index (χ1v) is 6.03. The molecule has 1 aromatic carbocycles. The highest BCUT2D eigenvalue weighted by Crippen LogP contribution is 2.37. The number of nitrogens with one attached hydrogen (secondary N) is 4. The van der Waals surface area contributed by atoms with E-state index >= 15 is 0 Å². The highest BCUT2D eigenvalue weighted by Gasteiger charge is 2.25. The van der Waals surface area contributed by atoms with Crippen molar-refractivity contribution in [3.63, 3.8) is 0 Å². The minimum absolute atomic E-state index is 0.0132. The Morgan fingerprint density at radius 3 is 1.62 bits per heavy atom. The molecule has 2 heterocycles. The number of nitro groups is 2. The minimum atomic E-state index is -0.779. The zero-order valence-electron chi connectivity index (χ0n) is 11.4. The molecular formula is C8H6N12O4. The first-order valence-electron chi connectivity index (χ1n) is 6.03. The normalized spacial score (nSPS) is 10.3. The van der Waals surface area contributed by atoms with E-state index in [1.54, 1.807) is 0 Å². The van der Waals surface area contributed by atoms with Crippen LogP contribution < -0.4 is 10.6 Å². The summed E-state index contributed by atoms with van der Waals surface area (Å²) in [4.78, 5) is 20.8. The average molecular weight is 334 g/mol. The molecule has 4 N–H and O–H groups in total. The molecule has 2 aromatic heterocycles. The Hall–Kier alpha value is -4.24. The van der Waals surface area contributed by atoms with Crippen molar-refractivity contribution in [2.75, 3.05) is 10.6 Å². The summed E-state index contributed by atoms with van der Waals surface area (Å²) < 4.78 is 0. The van der Waals surface area contributed by atoms with E-state index in [0.717, 1.165) is 12.1 Å².